The molecule has 1 heterocycles. The second-order valence-corrected chi connectivity index (χ2v) is 7.39. The third kappa shape index (κ3) is 3.86. The normalized spacial score (nSPS) is 12.7. The zero-order valence-electron chi connectivity index (χ0n) is 15.7. The number of fused-ring (bicyclic) bond motifs is 1. The molecule has 1 aliphatic carbocycles. The highest BCUT2D eigenvalue weighted by Crippen LogP contribution is 2.39. The molecule has 0 aliphatic heterocycles. The van der Waals surface area contributed by atoms with Crippen LogP contribution < -0.4 is 19.5 Å². The van der Waals surface area contributed by atoms with Crippen LogP contribution >= 0.6 is 11.3 Å². The number of hydrogen-bond acceptors (Lipinski definition) is 6. The van der Waals surface area contributed by atoms with Crippen molar-refractivity contribution in [2.45, 2.75) is 32.1 Å². The molecule has 1 N–H and O–H groups in total. The maximum atomic E-state index is 12.6. The quantitative estimate of drug-likeness (QED) is 0.819. The molecule has 2 aromatic rings. The van der Waals surface area contributed by atoms with Crippen molar-refractivity contribution in [2.24, 2.45) is 0 Å². The van der Waals surface area contributed by atoms with Crippen LogP contribution in [0.15, 0.2) is 12.1 Å². The van der Waals surface area contributed by atoms with Gasteiger partial charge in [0.05, 0.1) is 33.3 Å². The molecule has 0 saturated heterocycles. The Balaban J connectivity index is 1.81. The first-order valence-corrected chi connectivity index (χ1v) is 9.56. The molecule has 27 heavy (non-hydrogen) atoms. The molecule has 0 unspecified atom stereocenters. The predicted octanol–water partition coefficient (Wildman–Crippen LogP) is 3.71. The second-order valence-electron chi connectivity index (χ2n) is 6.29. The Morgan fingerprint density at radius 2 is 1.81 bits per heavy atom. The van der Waals surface area contributed by atoms with E-state index in [0.29, 0.717) is 27.8 Å². The van der Waals surface area contributed by atoms with Crippen molar-refractivity contribution in [1.29, 1.82) is 5.26 Å². The van der Waals surface area contributed by atoms with Gasteiger partial charge in [0.25, 0.3) is 0 Å². The van der Waals surface area contributed by atoms with Gasteiger partial charge >= 0.3 is 0 Å². The lowest BCUT2D eigenvalue weighted by atomic mass is 9.96. The van der Waals surface area contributed by atoms with Crippen LogP contribution in [0.5, 0.6) is 17.2 Å². The number of amides is 1. The molecule has 1 aromatic carbocycles. The molecule has 1 amide bonds. The molecule has 142 valence electrons. The lowest BCUT2D eigenvalue weighted by molar-refractivity contribution is -0.115. The number of ether oxygens (including phenoxy) is 3. The van der Waals surface area contributed by atoms with Crippen LogP contribution in [0, 0.1) is 11.3 Å². The molecule has 0 fully saturated rings. The first-order valence-electron chi connectivity index (χ1n) is 8.74. The van der Waals surface area contributed by atoms with Gasteiger partial charge in [-0.25, -0.2) is 0 Å². The number of anilines is 1. The number of benzene rings is 1. The summed E-state index contributed by atoms with van der Waals surface area (Å²) in [7, 11) is 4.61. The van der Waals surface area contributed by atoms with E-state index in [-0.39, 0.29) is 12.3 Å². The molecule has 0 atom stereocenters. The minimum absolute atomic E-state index is 0.143. The fourth-order valence-electron chi connectivity index (χ4n) is 3.37. The van der Waals surface area contributed by atoms with Gasteiger partial charge in [-0.3, -0.25) is 4.79 Å². The molecule has 0 radical (unpaired) electrons. The van der Waals surface area contributed by atoms with Gasteiger partial charge in [0.15, 0.2) is 11.5 Å². The van der Waals surface area contributed by atoms with Gasteiger partial charge in [0.1, 0.15) is 11.1 Å². The Hall–Kier alpha value is -2.72. The molecule has 0 bridgehead atoms. The van der Waals surface area contributed by atoms with Crippen LogP contribution in [0.1, 0.15) is 34.4 Å². The Bertz CT molecular complexity index is 873. The van der Waals surface area contributed by atoms with E-state index in [1.165, 1.54) is 37.5 Å². The Labute approximate surface area is 162 Å². The van der Waals surface area contributed by atoms with E-state index >= 15 is 0 Å². The summed E-state index contributed by atoms with van der Waals surface area (Å²) in [5, 5.41) is 13.1. The van der Waals surface area contributed by atoms with Crippen molar-refractivity contribution in [1.82, 2.24) is 0 Å². The number of hydrogen-bond donors (Lipinski definition) is 1. The van der Waals surface area contributed by atoms with Gasteiger partial charge < -0.3 is 19.5 Å². The number of rotatable bonds is 6. The zero-order chi connectivity index (χ0) is 19.4. The van der Waals surface area contributed by atoms with Crippen LogP contribution in [0.4, 0.5) is 5.00 Å². The highest BCUT2D eigenvalue weighted by molar-refractivity contribution is 7.16. The lowest BCUT2D eigenvalue weighted by Crippen LogP contribution is -2.14. The topological polar surface area (TPSA) is 80.6 Å². The largest absolute Gasteiger partial charge is 0.493 e. The highest BCUT2D eigenvalue weighted by atomic mass is 32.1. The molecule has 1 aromatic heterocycles. The first kappa shape index (κ1) is 19.1. The Morgan fingerprint density at radius 1 is 1.15 bits per heavy atom. The molecule has 0 spiro atoms. The van der Waals surface area contributed by atoms with E-state index in [4.69, 9.17) is 14.2 Å². The van der Waals surface area contributed by atoms with Crippen LogP contribution in [0.2, 0.25) is 0 Å². The van der Waals surface area contributed by atoms with Crippen molar-refractivity contribution >= 4 is 22.2 Å². The van der Waals surface area contributed by atoms with Crippen LogP contribution in [0.3, 0.4) is 0 Å². The molecule has 6 nitrogen and oxygen atoms in total. The summed E-state index contributed by atoms with van der Waals surface area (Å²) in [6, 6.07) is 5.77. The van der Waals surface area contributed by atoms with E-state index in [0.717, 1.165) is 36.8 Å². The van der Waals surface area contributed by atoms with E-state index in [1.807, 2.05) is 0 Å². The number of aryl methyl sites for hydroxylation is 1. The number of carbonyl (C=O) groups is 1. The summed E-state index contributed by atoms with van der Waals surface area (Å²) in [4.78, 5) is 13.8. The third-order valence-corrected chi connectivity index (χ3v) is 5.83. The summed E-state index contributed by atoms with van der Waals surface area (Å²) in [5.41, 5.74) is 2.46. The Kier molecular flexibility index (Phi) is 5.87. The van der Waals surface area contributed by atoms with Gasteiger partial charge in [-0.1, -0.05) is 0 Å². The number of nitrogens with one attached hydrogen (secondary N) is 1. The van der Waals surface area contributed by atoms with E-state index in [2.05, 4.69) is 11.4 Å². The number of thiophene rings is 1. The molecular formula is C20H22N2O4S. The van der Waals surface area contributed by atoms with Gasteiger partial charge in [0.2, 0.25) is 11.7 Å². The third-order valence-electron chi connectivity index (χ3n) is 4.63. The van der Waals surface area contributed by atoms with Crippen molar-refractivity contribution in [3.63, 3.8) is 0 Å². The van der Waals surface area contributed by atoms with Gasteiger partial charge in [-0.05, 0) is 48.9 Å². The fourth-order valence-corrected chi connectivity index (χ4v) is 4.62. The van der Waals surface area contributed by atoms with E-state index in [9.17, 15) is 10.1 Å². The SMILES string of the molecule is COc1cc(CC(=O)Nc2sc3c(c2C#N)CCCC3)cc(OC)c1OC. The average Bonchev–Trinajstić information content (AvgIpc) is 3.03. The average molecular weight is 386 g/mol. The Morgan fingerprint density at radius 3 is 2.41 bits per heavy atom. The van der Waals surface area contributed by atoms with Crippen molar-refractivity contribution < 1.29 is 19.0 Å². The van der Waals surface area contributed by atoms with Crippen molar-refractivity contribution in [2.75, 3.05) is 26.6 Å². The molecule has 7 heteroatoms. The lowest BCUT2D eigenvalue weighted by Gasteiger charge is -2.14. The first-order chi connectivity index (χ1) is 13.1. The van der Waals surface area contributed by atoms with Gasteiger partial charge in [-0.2, -0.15) is 5.26 Å². The number of nitriles is 1. The number of carbonyl (C=O) groups excluding carboxylic acids is 1. The number of nitrogens with zero attached hydrogens (tertiary/aromatic N) is 1. The minimum Gasteiger partial charge on any atom is -0.493 e. The van der Waals surface area contributed by atoms with Crippen molar-refractivity contribution in [3.8, 4) is 23.3 Å². The van der Waals surface area contributed by atoms with Crippen LogP contribution in [-0.2, 0) is 24.1 Å². The predicted molar refractivity (Wildman–Crippen MR) is 104 cm³/mol. The monoisotopic (exact) mass is 386 g/mol. The highest BCUT2D eigenvalue weighted by Gasteiger charge is 2.22. The molecule has 0 saturated carbocycles. The minimum atomic E-state index is -0.181. The maximum absolute atomic E-state index is 12.6. The summed E-state index contributed by atoms with van der Waals surface area (Å²) in [6.07, 6.45) is 4.27. The summed E-state index contributed by atoms with van der Waals surface area (Å²) < 4.78 is 16.0. The molecule has 3 rings (SSSR count). The van der Waals surface area contributed by atoms with Crippen molar-refractivity contribution in [3.05, 3.63) is 33.7 Å². The van der Waals surface area contributed by atoms with E-state index in [1.54, 1.807) is 12.1 Å². The summed E-state index contributed by atoms with van der Waals surface area (Å²) in [6.45, 7) is 0. The summed E-state index contributed by atoms with van der Waals surface area (Å²) in [5.74, 6) is 1.31. The number of methoxy groups -OCH3 is 3. The molecular weight excluding hydrogens is 364 g/mol. The second kappa shape index (κ2) is 8.31. The maximum Gasteiger partial charge on any atom is 0.229 e. The molecule has 1 aliphatic rings. The van der Waals surface area contributed by atoms with E-state index < -0.39 is 0 Å². The van der Waals surface area contributed by atoms with Gasteiger partial charge in [-0.15, -0.1) is 11.3 Å². The fraction of sp³-hybridized carbons (Fsp3) is 0.400. The van der Waals surface area contributed by atoms with Gasteiger partial charge in [0, 0.05) is 4.88 Å². The zero-order valence-corrected chi connectivity index (χ0v) is 16.5. The standard InChI is InChI=1S/C20H22N2O4S/c1-24-15-8-12(9-16(25-2)19(15)26-3)10-18(23)22-20-14(11-21)13-6-4-5-7-17(13)27-20/h8-9H,4-7,10H2,1-3H3,(H,22,23). The summed E-state index contributed by atoms with van der Waals surface area (Å²) >= 11 is 1.52. The van der Waals surface area contributed by atoms with Crippen LogP contribution in [0.25, 0.3) is 0 Å². The van der Waals surface area contributed by atoms with Crippen LogP contribution in [-0.4, -0.2) is 27.2 Å². The smallest absolute Gasteiger partial charge is 0.229 e.